The Bertz CT molecular complexity index is 444. The first kappa shape index (κ1) is 17.2. The van der Waals surface area contributed by atoms with Gasteiger partial charge in [0.05, 0.1) is 11.4 Å². The van der Waals surface area contributed by atoms with Gasteiger partial charge in [0.25, 0.3) is 0 Å². The molecule has 4 unspecified atom stereocenters. The summed E-state index contributed by atoms with van der Waals surface area (Å²) in [4.78, 5) is 2.42. The summed E-state index contributed by atoms with van der Waals surface area (Å²) in [5.41, 5.74) is -0.208. The third-order valence-corrected chi connectivity index (χ3v) is 7.54. The summed E-state index contributed by atoms with van der Waals surface area (Å²) in [6.07, 6.45) is 7.50. The average Bonchev–Trinajstić information content (AvgIpc) is 2.99. The highest BCUT2D eigenvalue weighted by Gasteiger charge is 2.44. The maximum Gasteiger partial charge on any atom is 0.150 e. The Kier molecular flexibility index (Phi) is 5.37. The zero-order chi connectivity index (χ0) is 15.7. The van der Waals surface area contributed by atoms with Gasteiger partial charge in [-0.2, -0.15) is 0 Å². The van der Waals surface area contributed by atoms with Gasteiger partial charge >= 0.3 is 0 Å². The Morgan fingerprint density at radius 2 is 1.86 bits per heavy atom. The molecule has 1 aliphatic heterocycles. The smallest absolute Gasteiger partial charge is 0.150 e. The second kappa shape index (κ2) is 6.55. The average molecular weight is 317 g/mol. The Balaban J connectivity index is 2.11. The molecular formula is C16H31NO3S. The summed E-state index contributed by atoms with van der Waals surface area (Å²) in [7, 11) is -2.99. The molecule has 0 aromatic heterocycles. The standard InChI is InChI=1S/C16H31NO3S/c1-4-16(2,17-10-5-6-11-17)15(18)13-8-7-9-14(12-13)21(3,19)20/h13-15,18H,4-12H2,1-3H3. The van der Waals surface area contributed by atoms with Crippen LogP contribution in [-0.4, -0.2) is 54.7 Å². The van der Waals surface area contributed by atoms with Crippen LogP contribution in [0.15, 0.2) is 0 Å². The van der Waals surface area contributed by atoms with Crippen molar-refractivity contribution in [2.45, 2.75) is 75.7 Å². The van der Waals surface area contributed by atoms with E-state index >= 15 is 0 Å². The lowest BCUT2D eigenvalue weighted by atomic mass is 9.75. The molecule has 5 heteroatoms. The van der Waals surface area contributed by atoms with Crippen molar-refractivity contribution in [2.75, 3.05) is 19.3 Å². The van der Waals surface area contributed by atoms with Gasteiger partial charge in [0.2, 0.25) is 0 Å². The van der Waals surface area contributed by atoms with E-state index in [1.807, 2.05) is 0 Å². The lowest BCUT2D eigenvalue weighted by molar-refractivity contribution is -0.0533. The second-order valence-electron chi connectivity index (χ2n) is 7.23. The molecular weight excluding hydrogens is 286 g/mol. The number of aliphatic hydroxyl groups excluding tert-OH is 1. The van der Waals surface area contributed by atoms with E-state index in [-0.39, 0.29) is 16.7 Å². The van der Waals surface area contributed by atoms with Crippen LogP contribution in [0.2, 0.25) is 0 Å². The van der Waals surface area contributed by atoms with E-state index in [2.05, 4.69) is 18.7 Å². The molecule has 1 N–H and O–H groups in total. The molecule has 0 aromatic carbocycles. The van der Waals surface area contributed by atoms with Crippen molar-refractivity contribution in [1.82, 2.24) is 4.90 Å². The minimum absolute atomic E-state index is 0.115. The highest BCUT2D eigenvalue weighted by Crippen LogP contribution is 2.38. The van der Waals surface area contributed by atoms with Crippen molar-refractivity contribution in [2.24, 2.45) is 5.92 Å². The Hall–Kier alpha value is -0.130. The van der Waals surface area contributed by atoms with E-state index in [0.717, 1.165) is 38.8 Å². The molecule has 0 aromatic rings. The third-order valence-electron chi connectivity index (χ3n) is 5.90. The fourth-order valence-corrected chi connectivity index (χ4v) is 5.40. The van der Waals surface area contributed by atoms with Gasteiger partial charge in [-0.1, -0.05) is 13.3 Å². The van der Waals surface area contributed by atoms with Crippen LogP contribution in [0.3, 0.4) is 0 Å². The Labute approximate surface area is 129 Å². The number of sulfone groups is 1. The number of likely N-dealkylation sites (tertiary alicyclic amines) is 1. The van der Waals surface area contributed by atoms with Gasteiger partial charge < -0.3 is 5.11 Å². The first-order valence-corrected chi connectivity index (χ1v) is 10.4. The predicted octanol–water partition coefficient (Wildman–Crippen LogP) is 2.22. The van der Waals surface area contributed by atoms with Gasteiger partial charge in [0.15, 0.2) is 0 Å². The summed E-state index contributed by atoms with van der Waals surface area (Å²) >= 11 is 0. The Morgan fingerprint density at radius 1 is 1.24 bits per heavy atom. The van der Waals surface area contributed by atoms with Crippen molar-refractivity contribution < 1.29 is 13.5 Å². The fraction of sp³-hybridized carbons (Fsp3) is 1.00. The topological polar surface area (TPSA) is 57.6 Å². The molecule has 1 saturated carbocycles. The van der Waals surface area contributed by atoms with E-state index in [9.17, 15) is 13.5 Å². The van der Waals surface area contributed by atoms with Gasteiger partial charge in [-0.25, -0.2) is 8.42 Å². The summed E-state index contributed by atoms with van der Waals surface area (Å²) in [5, 5.41) is 10.7. The van der Waals surface area contributed by atoms with Gasteiger partial charge in [-0.15, -0.1) is 0 Å². The summed E-state index contributed by atoms with van der Waals surface area (Å²) in [6, 6.07) is 0. The lowest BCUT2D eigenvalue weighted by Gasteiger charge is -2.46. The van der Waals surface area contributed by atoms with Gasteiger partial charge in [0, 0.05) is 11.8 Å². The maximum absolute atomic E-state index is 11.8. The van der Waals surface area contributed by atoms with Crippen LogP contribution in [-0.2, 0) is 9.84 Å². The molecule has 0 amide bonds. The minimum atomic E-state index is -2.99. The van der Waals surface area contributed by atoms with E-state index in [1.54, 1.807) is 0 Å². The molecule has 1 saturated heterocycles. The maximum atomic E-state index is 11.8. The molecule has 2 rings (SSSR count). The third kappa shape index (κ3) is 3.62. The van der Waals surface area contributed by atoms with Crippen LogP contribution in [0.25, 0.3) is 0 Å². The van der Waals surface area contributed by atoms with E-state index in [0.29, 0.717) is 6.42 Å². The van der Waals surface area contributed by atoms with Crippen LogP contribution in [0, 0.1) is 5.92 Å². The zero-order valence-corrected chi connectivity index (χ0v) is 14.5. The van der Waals surface area contributed by atoms with E-state index in [4.69, 9.17) is 0 Å². The Morgan fingerprint density at radius 3 is 2.38 bits per heavy atom. The molecule has 124 valence electrons. The van der Waals surface area contributed by atoms with Crippen LogP contribution in [0.5, 0.6) is 0 Å². The molecule has 2 aliphatic rings. The van der Waals surface area contributed by atoms with E-state index < -0.39 is 15.9 Å². The van der Waals surface area contributed by atoms with Crippen LogP contribution in [0.1, 0.15) is 58.8 Å². The molecule has 4 atom stereocenters. The van der Waals surface area contributed by atoms with Crippen LogP contribution in [0.4, 0.5) is 0 Å². The number of rotatable bonds is 5. The summed E-state index contributed by atoms with van der Waals surface area (Å²) < 4.78 is 23.7. The van der Waals surface area contributed by atoms with Gasteiger partial charge in [-0.3, -0.25) is 4.90 Å². The monoisotopic (exact) mass is 317 g/mol. The highest BCUT2D eigenvalue weighted by molar-refractivity contribution is 7.91. The quantitative estimate of drug-likeness (QED) is 0.845. The van der Waals surface area contributed by atoms with Crippen molar-refractivity contribution in [1.29, 1.82) is 0 Å². The lowest BCUT2D eigenvalue weighted by Crippen LogP contribution is -2.56. The zero-order valence-electron chi connectivity index (χ0n) is 13.7. The molecule has 2 fully saturated rings. The van der Waals surface area contributed by atoms with Crippen molar-refractivity contribution in [3.63, 3.8) is 0 Å². The number of hydrogen-bond donors (Lipinski definition) is 1. The summed E-state index contributed by atoms with van der Waals surface area (Å²) in [5.74, 6) is 0.115. The normalized spacial score (nSPS) is 32.8. The fourth-order valence-electron chi connectivity index (χ4n) is 4.21. The predicted molar refractivity (Wildman–Crippen MR) is 86.1 cm³/mol. The van der Waals surface area contributed by atoms with Gasteiger partial charge in [-0.05, 0) is 64.5 Å². The van der Waals surface area contributed by atoms with Crippen molar-refractivity contribution in [3.8, 4) is 0 Å². The van der Waals surface area contributed by atoms with Crippen molar-refractivity contribution in [3.05, 3.63) is 0 Å². The number of aliphatic hydroxyl groups is 1. The van der Waals surface area contributed by atoms with Crippen LogP contribution < -0.4 is 0 Å². The first-order chi connectivity index (χ1) is 9.79. The number of hydrogen-bond acceptors (Lipinski definition) is 4. The first-order valence-electron chi connectivity index (χ1n) is 8.41. The van der Waals surface area contributed by atoms with Crippen LogP contribution >= 0.6 is 0 Å². The largest absolute Gasteiger partial charge is 0.391 e. The second-order valence-corrected chi connectivity index (χ2v) is 9.55. The minimum Gasteiger partial charge on any atom is -0.391 e. The molecule has 1 heterocycles. The molecule has 0 radical (unpaired) electrons. The highest BCUT2D eigenvalue weighted by atomic mass is 32.2. The summed E-state index contributed by atoms with van der Waals surface area (Å²) in [6.45, 7) is 6.42. The number of nitrogens with zero attached hydrogens (tertiary/aromatic N) is 1. The molecule has 0 bridgehead atoms. The SMILES string of the molecule is CCC(C)(C(O)C1CCCC(S(C)(=O)=O)C1)N1CCCC1. The van der Waals surface area contributed by atoms with Crippen molar-refractivity contribution >= 4 is 9.84 Å². The molecule has 4 nitrogen and oxygen atoms in total. The molecule has 0 spiro atoms. The molecule has 21 heavy (non-hydrogen) atoms. The van der Waals surface area contributed by atoms with E-state index in [1.165, 1.54) is 19.1 Å². The van der Waals surface area contributed by atoms with Gasteiger partial charge in [0.1, 0.15) is 9.84 Å². The molecule has 1 aliphatic carbocycles.